The Bertz CT molecular complexity index is 749. The molecule has 0 radical (unpaired) electrons. The van der Waals surface area contributed by atoms with E-state index in [1.54, 1.807) is 4.90 Å². The predicted molar refractivity (Wildman–Crippen MR) is 91.3 cm³/mol. The number of carbonyl (C=O) groups is 1. The number of halogens is 2. The lowest BCUT2D eigenvalue weighted by Crippen LogP contribution is -2.39. The second kappa shape index (κ2) is 7.33. The largest absolute Gasteiger partial charge is 0.339 e. The molecule has 1 aliphatic rings. The van der Waals surface area contributed by atoms with Crippen LogP contribution < -0.4 is 0 Å². The lowest BCUT2D eigenvalue weighted by Gasteiger charge is -2.32. The van der Waals surface area contributed by atoms with Crippen LogP contribution in [0.25, 0.3) is 0 Å². The summed E-state index contributed by atoms with van der Waals surface area (Å²) in [7, 11) is 0. The van der Waals surface area contributed by atoms with Crippen molar-refractivity contribution < 1.29 is 13.6 Å². The van der Waals surface area contributed by atoms with Gasteiger partial charge in [-0.1, -0.05) is 13.8 Å². The van der Waals surface area contributed by atoms with Crippen LogP contribution in [0.2, 0.25) is 0 Å². The molecule has 2 aromatic rings. The zero-order valence-electron chi connectivity index (χ0n) is 14.6. The summed E-state index contributed by atoms with van der Waals surface area (Å²) < 4.78 is 29.0. The zero-order chi connectivity index (χ0) is 18.0. The van der Waals surface area contributed by atoms with Crippen LogP contribution in [0.4, 0.5) is 8.78 Å². The molecule has 1 saturated heterocycles. The molecule has 0 atom stereocenters. The zero-order valence-corrected chi connectivity index (χ0v) is 14.6. The van der Waals surface area contributed by atoms with E-state index in [4.69, 9.17) is 0 Å². The van der Waals surface area contributed by atoms with E-state index < -0.39 is 11.6 Å². The minimum absolute atomic E-state index is 0.0587. The summed E-state index contributed by atoms with van der Waals surface area (Å²) >= 11 is 0. The van der Waals surface area contributed by atoms with E-state index in [1.165, 1.54) is 6.07 Å². The van der Waals surface area contributed by atoms with Crippen molar-refractivity contribution in [1.82, 2.24) is 14.5 Å². The number of carbonyl (C=O) groups excluding carboxylic acids is 1. The van der Waals surface area contributed by atoms with Gasteiger partial charge in [-0.05, 0) is 30.9 Å². The fourth-order valence-corrected chi connectivity index (χ4v) is 3.41. The van der Waals surface area contributed by atoms with E-state index >= 15 is 0 Å². The van der Waals surface area contributed by atoms with Gasteiger partial charge in [0.25, 0.3) is 5.91 Å². The first-order chi connectivity index (χ1) is 12.0. The fourth-order valence-electron chi connectivity index (χ4n) is 3.41. The van der Waals surface area contributed by atoms with Gasteiger partial charge in [-0.25, -0.2) is 13.8 Å². The Labute approximate surface area is 146 Å². The quantitative estimate of drug-likeness (QED) is 0.843. The van der Waals surface area contributed by atoms with Crippen LogP contribution in [-0.2, 0) is 6.54 Å². The summed E-state index contributed by atoms with van der Waals surface area (Å²) in [5, 5.41) is 0. The van der Waals surface area contributed by atoms with Gasteiger partial charge in [0, 0.05) is 44.0 Å². The third-order valence-electron chi connectivity index (χ3n) is 4.78. The first-order valence-corrected chi connectivity index (χ1v) is 8.71. The van der Waals surface area contributed by atoms with E-state index in [1.807, 2.05) is 12.4 Å². The lowest BCUT2D eigenvalue weighted by atomic mass is 9.96. The van der Waals surface area contributed by atoms with E-state index in [0.717, 1.165) is 37.3 Å². The SMILES string of the molecule is CC(C)c1nccn1CC1CCN(C(=O)c2ccc(F)cc2F)CC1. The summed E-state index contributed by atoms with van der Waals surface area (Å²) in [4.78, 5) is 18.5. The molecule has 0 N–H and O–H groups in total. The van der Waals surface area contributed by atoms with Crippen molar-refractivity contribution in [1.29, 1.82) is 0 Å². The van der Waals surface area contributed by atoms with E-state index in [9.17, 15) is 13.6 Å². The minimum atomic E-state index is -0.799. The summed E-state index contributed by atoms with van der Waals surface area (Å²) in [5.74, 6) is 0.0847. The molecule has 25 heavy (non-hydrogen) atoms. The summed E-state index contributed by atoms with van der Waals surface area (Å²) in [6.07, 6.45) is 5.56. The van der Waals surface area contributed by atoms with Crippen molar-refractivity contribution in [2.75, 3.05) is 13.1 Å². The number of hydrogen-bond acceptors (Lipinski definition) is 2. The molecule has 1 aliphatic heterocycles. The minimum Gasteiger partial charge on any atom is -0.339 e. The van der Waals surface area contributed by atoms with Gasteiger partial charge in [-0.3, -0.25) is 4.79 Å². The van der Waals surface area contributed by atoms with Crippen molar-refractivity contribution in [3.8, 4) is 0 Å². The average molecular weight is 347 g/mol. The highest BCUT2D eigenvalue weighted by Gasteiger charge is 2.26. The Hall–Kier alpha value is -2.24. The van der Waals surface area contributed by atoms with Gasteiger partial charge in [0.15, 0.2) is 0 Å². The molecule has 0 bridgehead atoms. The van der Waals surface area contributed by atoms with E-state index in [-0.39, 0.29) is 11.5 Å². The first-order valence-electron chi connectivity index (χ1n) is 8.71. The van der Waals surface area contributed by atoms with Gasteiger partial charge in [0.05, 0.1) is 5.56 Å². The molecule has 1 aromatic heterocycles. The Kier molecular flexibility index (Phi) is 5.16. The Morgan fingerprint density at radius 3 is 2.64 bits per heavy atom. The fraction of sp³-hybridized carbons (Fsp3) is 0.474. The second-order valence-electron chi connectivity index (χ2n) is 6.95. The molecule has 0 spiro atoms. The average Bonchev–Trinajstić information content (AvgIpc) is 3.03. The van der Waals surface area contributed by atoms with Crippen LogP contribution >= 0.6 is 0 Å². The highest BCUT2D eigenvalue weighted by Crippen LogP contribution is 2.23. The summed E-state index contributed by atoms with van der Waals surface area (Å²) in [6, 6.07) is 3.10. The van der Waals surface area contributed by atoms with Gasteiger partial charge in [0.2, 0.25) is 0 Å². The molecule has 134 valence electrons. The number of amides is 1. The number of benzene rings is 1. The smallest absolute Gasteiger partial charge is 0.256 e. The van der Waals surface area contributed by atoms with Gasteiger partial charge < -0.3 is 9.47 Å². The van der Waals surface area contributed by atoms with Crippen LogP contribution in [0, 0.1) is 17.6 Å². The number of nitrogens with zero attached hydrogens (tertiary/aromatic N) is 3. The van der Waals surface area contributed by atoms with Crippen LogP contribution in [0.3, 0.4) is 0 Å². The molecule has 1 aromatic carbocycles. The molecule has 0 aliphatic carbocycles. The number of imidazole rings is 1. The predicted octanol–water partition coefficient (Wildman–Crippen LogP) is 3.84. The molecule has 1 fully saturated rings. The highest BCUT2D eigenvalue weighted by atomic mass is 19.1. The van der Waals surface area contributed by atoms with Crippen LogP contribution in [0.15, 0.2) is 30.6 Å². The number of hydrogen-bond donors (Lipinski definition) is 0. The maximum absolute atomic E-state index is 13.8. The van der Waals surface area contributed by atoms with Gasteiger partial charge in [-0.15, -0.1) is 0 Å². The van der Waals surface area contributed by atoms with Gasteiger partial charge in [-0.2, -0.15) is 0 Å². The number of likely N-dealkylation sites (tertiary alicyclic amines) is 1. The van der Waals surface area contributed by atoms with Crippen molar-refractivity contribution in [3.05, 3.63) is 53.6 Å². The molecule has 1 amide bonds. The summed E-state index contributed by atoms with van der Waals surface area (Å²) in [5.41, 5.74) is -0.0587. The normalized spacial score (nSPS) is 15.8. The number of piperidine rings is 1. The molecule has 0 unspecified atom stereocenters. The number of rotatable bonds is 4. The lowest BCUT2D eigenvalue weighted by molar-refractivity contribution is 0.0677. The van der Waals surface area contributed by atoms with Gasteiger partial charge >= 0.3 is 0 Å². The van der Waals surface area contributed by atoms with E-state index in [2.05, 4.69) is 23.4 Å². The maximum atomic E-state index is 13.8. The summed E-state index contributed by atoms with van der Waals surface area (Å²) in [6.45, 7) is 6.31. The Morgan fingerprint density at radius 2 is 2.00 bits per heavy atom. The topological polar surface area (TPSA) is 38.1 Å². The van der Waals surface area contributed by atoms with Crippen molar-refractivity contribution in [2.24, 2.45) is 5.92 Å². The first kappa shape index (κ1) is 17.6. The molecule has 0 saturated carbocycles. The second-order valence-corrected chi connectivity index (χ2v) is 6.95. The number of aromatic nitrogens is 2. The highest BCUT2D eigenvalue weighted by molar-refractivity contribution is 5.94. The Balaban J connectivity index is 1.60. The Morgan fingerprint density at radius 1 is 1.28 bits per heavy atom. The van der Waals surface area contributed by atoms with Crippen LogP contribution in [-0.4, -0.2) is 33.4 Å². The molecule has 6 heteroatoms. The third-order valence-corrected chi connectivity index (χ3v) is 4.78. The van der Waals surface area contributed by atoms with Gasteiger partial charge in [0.1, 0.15) is 17.5 Å². The molecular formula is C19H23F2N3O. The molecular weight excluding hydrogens is 324 g/mol. The van der Waals surface area contributed by atoms with Crippen LogP contribution in [0.1, 0.15) is 48.8 Å². The van der Waals surface area contributed by atoms with Crippen molar-refractivity contribution >= 4 is 5.91 Å². The standard InChI is InChI=1S/C19H23F2N3O/c1-13(2)18-22-7-10-24(18)12-14-5-8-23(9-6-14)19(25)16-4-3-15(20)11-17(16)21/h3-4,7,10-11,13-14H,5-6,8-9,12H2,1-2H3. The van der Waals surface area contributed by atoms with E-state index in [0.29, 0.717) is 24.9 Å². The molecule has 2 heterocycles. The van der Waals surface area contributed by atoms with Crippen LogP contribution in [0.5, 0.6) is 0 Å². The third kappa shape index (κ3) is 3.89. The molecule has 3 rings (SSSR count). The monoisotopic (exact) mass is 347 g/mol. The van der Waals surface area contributed by atoms with Crippen molar-refractivity contribution in [3.63, 3.8) is 0 Å². The van der Waals surface area contributed by atoms with Crippen molar-refractivity contribution in [2.45, 2.75) is 39.2 Å². The maximum Gasteiger partial charge on any atom is 0.256 e. The molecule has 4 nitrogen and oxygen atoms in total.